The highest BCUT2D eigenvalue weighted by atomic mass is 16.2. The lowest BCUT2D eigenvalue weighted by Gasteiger charge is -2.05. The Bertz CT molecular complexity index is 387. The summed E-state index contributed by atoms with van der Waals surface area (Å²) >= 11 is 0. The van der Waals surface area contributed by atoms with Crippen LogP contribution in [0.2, 0.25) is 0 Å². The fourth-order valence-electron chi connectivity index (χ4n) is 1.33. The van der Waals surface area contributed by atoms with E-state index in [2.05, 4.69) is 10.6 Å². The summed E-state index contributed by atoms with van der Waals surface area (Å²) in [4.78, 5) is 21.6. The SMILES string of the molecule is Cc1ccc(CCNC(=O)CNC(N)=O)cc1. The quantitative estimate of drug-likeness (QED) is 0.686. The van der Waals surface area contributed by atoms with Crippen LogP contribution >= 0.6 is 0 Å². The topological polar surface area (TPSA) is 84.2 Å². The third-order valence-corrected chi connectivity index (χ3v) is 2.28. The summed E-state index contributed by atoms with van der Waals surface area (Å²) in [5.41, 5.74) is 7.22. The van der Waals surface area contributed by atoms with Gasteiger partial charge >= 0.3 is 6.03 Å². The van der Waals surface area contributed by atoms with Crippen LogP contribution in [0.25, 0.3) is 0 Å². The van der Waals surface area contributed by atoms with Crippen molar-refractivity contribution in [1.29, 1.82) is 0 Å². The lowest BCUT2D eigenvalue weighted by molar-refractivity contribution is -0.120. The van der Waals surface area contributed by atoms with Crippen LogP contribution in [0.15, 0.2) is 24.3 Å². The van der Waals surface area contributed by atoms with E-state index in [0.717, 1.165) is 6.42 Å². The van der Waals surface area contributed by atoms with Gasteiger partial charge in [0, 0.05) is 6.54 Å². The lowest BCUT2D eigenvalue weighted by Crippen LogP contribution is -2.39. The number of aryl methyl sites for hydroxylation is 1. The van der Waals surface area contributed by atoms with Crippen LogP contribution in [0.4, 0.5) is 4.79 Å². The van der Waals surface area contributed by atoms with Gasteiger partial charge in [-0.1, -0.05) is 29.8 Å². The summed E-state index contributed by atoms with van der Waals surface area (Å²) in [5.74, 6) is -0.240. The molecule has 0 aromatic heterocycles. The third-order valence-electron chi connectivity index (χ3n) is 2.28. The summed E-state index contributed by atoms with van der Waals surface area (Å²) in [7, 11) is 0. The normalized spacial score (nSPS) is 9.71. The minimum absolute atomic E-state index is 0.0801. The van der Waals surface area contributed by atoms with Crippen LogP contribution in [0.1, 0.15) is 11.1 Å². The number of urea groups is 1. The molecule has 0 atom stereocenters. The molecule has 0 aliphatic carbocycles. The lowest BCUT2D eigenvalue weighted by atomic mass is 10.1. The Labute approximate surface area is 100 Å². The van der Waals surface area contributed by atoms with Crippen molar-refractivity contribution < 1.29 is 9.59 Å². The van der Waals surface area contributed by atoms with Crippen molar-refractivity contribution >= 4 is 11.9 Å². The van der Waals surface area contributed by atoms with E-state index in [1.807, 2.05) is 31.2 Å². The average Bonchev–Trinajstić information content (AvgIpc) is 2.29. The summed E-state index contributed by atoms with van der Waals surface area (Å²) in [5, 5.41) is 4.92. The summed E-state index contributed by atoms with van der Waals surface area (Å²) in [6.07, 6.45) is 0.766. The third kappa shape index (κ3) is 5.55. The van der Waals surface area contributed by atoms with Crippen LogP contribution in [0.5, 0.6) is 0 Å². The Balaban J connectivity index is 2.21. The van der Waals surface area contributed by atoms with Crippen molar-refractivity contribution in [2.75, 3.05) is 13.1 Å². The van der Waals surface area contributed by atoms with Gasteiger partial charge in [0.1, 0.15) is 0 Å². The minimum atomic E-state index is -0.696. The Morgan fingerprint density at radius 1 is 1.18 bits per heavy atom. The number of amides is 3. The van der Waals surface area contributed by atoms with E-state index >= 15 is 0 Å². The largest absolute Gasteiger partial charge is 0.354 e. The summed E-state index contributed by atoms with van der Waals surface area (Å²) in [6.45, 7) is 2.49. The molecule has 0 fully saturated rings. The Morgan fingerprint density at radius 3 is 2.41 bits per heavy atom. The minimum Gasteiger partial charge on any atom is -0.354 e. The summed E-state index contributed by atoms with van der Waals surface area (Å²) < 4.78 is 0. The molecule has 4 N–H and O–H groups in total. The monoisotopic (exact) mass is 235 g/mol. The number of benzene rings is 1. The number of hydrogen-bond acceptors (Lipinski definition) is 2. The predicted octanol–water partition coefficient (Wildman–Crippen LogP) is 0.322. The molecule has 1 aromatic carbocycles. The van der Waals surface area contributed by atoms with Crippen molar-refractivity contribution in [3.63, 3.8) is 0 Å². The maximum Gasteiger partial charge on any atom is 0.312 e. The molecular formula is C12H17N3O2. The molecular weight excluding hydrogens is 218 g/mol. The molecule has 0 spiro atoms. The van der Waals surface area contributed by atoms with Gasteiger partial charge in [0.25, 0.3) is 0 Å². The highest BCUT2D eigenvalue weighted by molar-refractivity contribution is 5.83. The maximum absolute atomic E-state index is 11.2. The first-order valence-electron chi connectivity index (χ1n) is 5.43. The molecule has 0 unspecified atom stereocenters. The Hall–Kier alpha value is -2.04. The molecule has 17 heavy (non-hydrogen) atoms. The molecule has 5 heteroatoms. The Kier molecular flexibility index (Phi) is 5.00. The zero-order chi connectivity index (χ0) is 12.7. The van der Waals surface area contributed by atoms with E-state index in [1.165, 1.54) is 11.1 Å². The maximum atomic E-state index is 11.2. The van der Waals surface area contributed by atoms with Crippen LogP contribution in [-0.2, 0) is 11.2 Å². The van der Waals surface area contributed by atoms with E-state index in [0.29, 0.717) is 6.54 Å². The van der Waals surface area contributed by atoms with Gasteiger partial charge in [-0.2, -0.15) is 0 Å². The molecule has 0 aliphatic rings. The zero-order valence-electron chi connectivity index (χ0n) is 9.82. The number of rotatable bonds is 5. The fourth-order valence-corrected chi connectivity index (χ4v) is 1.33. The fraction of sp³-hybridized carbons (Fsp3) is 0.333. The second-order valence-electron chi connectivity index (χ2n) is 3.80. The van der Waals surface area contributed by atoms with Crippen molar-refractivity contribution in [2.24, 2.45) is 5.73 Å². The van der Waals surface area contributed by atoms with Crippen molar-refractivity contribution in [3.8, 4) is 0 Å². The van der Waals surface area contributed by atoms with Gasteiger partial charge in [0.05, 0.1) is 6.54 Å². The zero-order valence-corrected chi connectivity index (χ0v) is 9.82. The number of primary amides is 1. The van der Waals surface area contributed by atoms with E-state index in [4.69, 9.17) is 5.73 Å². The molecule has 0 radical (unpaired) electrons. The number of nitrogens with two attached hydrogens (primary N) is 1. The van der Waals surface area contributed by atoms with Gasteiger partial charge in [-0.3, -0.25) is 4.79 Å². The first-order valence-corrected chi connectivity index (χ1v) is 5.43. The molecule has 1 rings (SSSR count). The highest BCUT2D eigenvalue weighted by Gasteiger charge is 2.01. The standard InChI is InChI=1S/C12H17N3O2/c1-9-2-4-10(5-3-9)6-7-14-11(16)8-15-12(13)17/h2-5H,6-8H2,1H3,(H,14,16)(H3,13,15,17). The molecule has 0 saturated carbocycles. The van der Waals surface area contributed by atoms with E-state index < -0.39 is 6.03 Å². The molecule has 1 aromatic rings. The molecule has 0 saturated heterocycles. The Morgan fingerprint density at radius 2 is 1.82 bits per heavy atom. The number of carbonyl (C=O) groups excluding carboxylic acids is 2. The first-order chi connectivity index (χ1) is 8.08. The molecule has 92 valence electrons. The molecule has 0 aliphatic heterocycles. The molecule has 3 amide bonds. The summed E-state index contributed by atoms with van der Waals surface area (Å²) in [6, 6.07) is 7.43. The number of carbonyl (C=O) groups is 2. The number of nitrogens with one attached hydrogen (secondary N) is 2. The van der Waals surface area contributed by atoms with Crippen LogP contribution in [-0.4, -0.2) is 25.0 Å². The smallest absolute Gasteiger partial charge is 0.312 e. The van der Waals surface area contributed by atoms with Gasteiger partial charge in [-0.25, -0.2) is 4.79 Å². The predicted molar refractivity (Wildman–Crippen MR) is 65.5 cm³/mol. The van der Waals surface area contributed by atoms with Crippen molar-refractivity contribution in [2.45, 2.75) is 13.3 Å². The van der Waals surface area contributed by atoms with Gasteiger partial charge in [-0.15, -0.1) is 0 Å². The van der Waals surface area contributed by atoms with Crippen LogP contribution < -0.4 is 16.4 Å². The van der Waals surface area contributed by atoms with Crippen LogP contribution in [0.3, 0.4) is 0 Å². The van der Waals surface area contributed by atoms with E-state index in [1.54, 1.807) is 0 Å². The van der Waals surface area contributed by atoms with Gasteiger partial charge in [0.2, 0.25) is 5.91 Å². The highest BCUT2D eigenvalue weighted by Crippen LogP contribution is 2.02. The van der Waals surface area contributed by atoms with E-state index in [9.17, 15) is 9.59 Å². The molecule has 5 nitrogen and oxygen atoms in total. The van der Waals surface area contributed by atoms with Gasteiger partial charge in [-0.05, 0) is 18.9 Å². The van der Waals surface area contributed by atoms with Crippen LogP contribution in [0, 0.1) is 6.92 Å². The van der Waals surface area contributed by atoms with Gasteiger partial charge < -0.3 is 16.4 Å². The van der Waals surface area contributed by atoms with Crippen molar-refractivity contribution in [1.82, 2.24) is 10.6 Å². The average molecular weight is 235 g/mol. The van der Waals surface area contributed by atoms with Gasteiger partial charge in [0.15, 0.2) is 0 Å². The number of hydrogen-bond donors (Lipinski definition) is 3. The van der Waals surface area contributed by atoms with Crippen molar-refractivity contribution in [3.05, 3.63) is 35.4 Å². The molecule has 0 heterocycles. The first kappa shape index (κ1) is 13.0. The molecule has 0 bridgehead atoms. The van der Waals surface area contributed by atoms with E-state index in [-0.39, 0.29) is 12.5 Å². The second kappa shape index (κ2) is 6.52. The second-order valence-corrected chi connectivity index (χ2v) is 3.80.